The molecule has 0 spiro atoms. The third-order valence-electron chi connectivity index (χ3n) is 4.63. The normalized spacial score (nSPS) is 11.5. The lowest BCUT2D eigenvalue weighted by Crippen LogP contribution is -2.39. The molecule has 0 fully saturated rings. The zero-order valence-corrected chi connectivity index (χ0v) is 17.1. The van der Waals surface area contributed by atoms with Gasteiger partial charge in [-0.1, -0.05) is 13.0 Å². The topological polar surface area (TPSA) is 83.6 Å². The van der Waals surface area contributed by atoms with Gasteiger partial charge in [0.05, 0.1) is 12.8 Å². The van der Waals surface area contributed by atoms with Crippen LogP contribution in [-0.4, -0.2) is 42.0 Å². The van der Waals surface area contributed by atoms with E-state index >= 15 is 0 Å². The van der Waals surface area contributed by atoms with Crippen molar-refractivity contribution in [2.75, 3.05) is 24.8 Å². The number of hydrogen-bond donors (Lipinski definition) is 2. The smallest absolute Gasteiger partial charge is 0.321 e. The third-order valence-corrected chi connectivity index (χ3v) is 4.63. The Labute approximate surface area is 166 Å². The van der Waals surface area contributed by atoms with Gasteiger partial charge in [0.15, 0.2) is 0 Å². The van der Waals surface area contributed by atoms with Crippen molar-refractivity contribution >= 4 is 23.3 Å². The van der Waals surface area contributed by atoms with Crippen LogP contribution in [0.25, 0.3) is 0 Å². The molecule has 0 radical (unpaired) electrons. The molecular formula is C21H28N4O3. The van der Waals surface area contributed by atoms with E-state index in [1.807, 2.05) is 26.0 Å². The SMILES string of the molecule is CCC(=O)Nc1cc(NC(=O)N(C)[C@H](C)Cc2ncccc2C)ccc1OC. The zero-order valence-electron chi connectivity index (χ0n) is 17.1. The molecule has 3 amide bonds. The summed E-state index contributed by atoms with van der Waals surface area (Å²) in [7, 11) is 3.28. The van der Waals surface area contributed by atoms with Gasteiger partial charge in [0.2, 0.25) is 5.91 Å². The molecule has 0 bridgehead atoms. The summed E-state index contributed by atoms with van der Waals surface area (Å²) in [4.78, 5) is 30.4. The van der Waals surface area contributed by atoms with Crippen LogP contribution >= 0.6 is 0 Å². The minimum Gasteiger partial charge on any atom is -0.495 e. The molecule has 28 heavy (non-hydrogen) atoms. The first-order valence-corrected chi connectivity index (χ1v) is 9.27. The average molecular weight is 384 g/mol. The Kier molecular flexibility index (Phi) is 7.37. The Balaban J connectivity index is 2.07. The molecule has 0 aliphatic heterocycles. The Morgan fingerprint density at radius 2 is 2.00 bits per heavy atom. The van der Waals surface area contributed by atoms with Gasteiger partial charge >= 0.3 is 6.03 Å². The number of carbonyl (C=O) groups is 2. The van der Waals surface area contributed by atoms with Crippen molar-refractivity contribution in [2.45, 2.75) is 39.7 Å². The number of nitrogens with zero attached hydrogens (tertiary/aromatic N) is 2. The van der Waals surface area contributed by atoms with Crippen molar-refractivity contribution in [3.05, 3.63) is 47.8 Å². The van der Waals surface area contributed by atoms with E-state index < -0.39 is 0 Å². The van der Waals surface area contributed by atoms with Crippen LogP contribution < -0.4 is 15.4 Å². The average Bonchev–Trinajstić information content (AvgIpc) is 2.69. The molecule has 1 atom stereocenters. The number of aromatic nitrogens is 1. The van der Waals surface area contributed by atoms with Crippen LogP contribution in [0.3, 0.4) is 0 Å². The third kappa shape index (κ3) is 5.45. The molecule has 2 rings (SSSR count). The number of anilines is 2. The molecule has 0 saturated heterocycles. The Bertz CT molecular complexity index is 838. The molecule has 1 heterocycles. The first-order chi connectivity index (χ1) is 13.3. The highest BCUT2D eigenvalue weighted by Crippen LogP contribution is 2.28. The van der Waals surface area contributed by atoms with E-state index in [9.17, 15) is 9.59 Å². The highest BCUT2D eigenvalue weighted by Gasteiger charge is 2.18. The van der Waals surface area contributed by atoms with Gasteiger partial charge in [0.1, 0.15) is 5.75 Å². The number of amides is 3. The molecule has 2 aromatic rings. The summed E-state index contributed by atoms with van der Waals surface area (Å²) in [5.74, 6) is 0.408. The number of urea groups is 1. The van der Waals surface area contributed by atoms with Crippen molar-refractivity contribution in [3.8, 4) is 5.75 Å². The summed E-state index contributed by atoms with van der Waals surface area (Å²) in [5.41, 5.74) is 3.18. The van der Waals surface area contributed by atoms with E-state index in [2.05, 4.69) is 15.6 Å². The number of aryl methyl sites for hydroxylation is 1. The molecule has 7 nitrogen and oxygen atoms in total. The highest BCUT2D eigenvalue weighted by molar-refractivity contribution is 5.95. The van der Waals surface area contributed by atoms with E-state index in [1.165, 1.54) is 7.11 Å². The lowest BCUT2D eigenvalue weighted by atomic mass is 10.1. The van der Waals surface area contributed by atoms with E-state index in [-0.39, 0.29) is 18.0 Å². The van der Waals surface area contributed by atoms with Gasteiger partial charge in [-0.15, -0.1) is 0 Å². The molecule has 0 saturated carbocycles. The number of ether oxygens (including phenoxy) is 1. The van der Waals surface area contributed by atoms with Crippen LogP contribution in [-0.2, 0) is 11.2 Å². The minimum atomic E-state index is -0.237. The van der Waals surface area contributed by atoms with Gasteiger partial charge in [-0.25, -0.2) is 4.79 Å². The first kappa shape index (κ1) is 21.2. The van der Waals surface area contributed by atoms with Gasteiger partial charge in [-0.05, 0) is 43.7 Å². The number of hydrogen-bond acceptors (Lipinski definition) is 4. The maximum absolute atomic E-state index is 12.6. The number of likely N-dealkylation sites (N-methyl/N-ethyl adjacent to an activating group) is 1. The second-order valence-electron chi connectivity index (χ2n) is 6.68. The van der Waals surface area contributed by atoms with Gasteiger partial charge < -0.3 is 20.3 Å². The lowest BCUT2D eigenvalue weighted by Gasteiger charge is -2.25. The predicted octanol–water partition coefficient (Wildman–Crippen LogP) is 3.84. The number of pyridine rings is 1. The molecule has 0 aliphatic carbocycles. The summed E-state index contributed by atoms with van der Waals surface area (Å²) in [6, 6.07) is 8.77. The fourth-order valence-corrected chi connectivity index (χ4v) is 2.68. The molecule has 1 aromatic carbocycles. The number of benzene rings is 1. The number of carbonyl (C=O) groups excluding carboxylic acids is 2. The maximum Gasteiger partial charge on any atom is 0.321 e. The van der Waals surface area contributed by atoms with Gasteiger partial charge in [0.25, 0.3) is 0 Å². The fourth-order valence-electron chi connectivity index (χ4n) is 2.68. The van der Waals surface area contributed by atoms with Crippen molar-refractivity contribution in [2.24, 2.45) is 0 Å². The highest BCUT2D eigenvalue weighted by atomic mass is 16.5. The molecule has 1 aromatic heterocycles. The quantitative estimate of drug-likeness (QED) is 0.760. The van der Waals surface area contributed by atoms with Crippen LogP contribution in [0.4, 0.5) is 16.2 Å². The van der Waals surface area contributed by atoms with Crippen LogP contribution in [0.2, 0.25) is 0 Å². The molecule has 0 aliphatic rings. The number of nitrogens with one attached hydrogen (secondary N) is 2. The fraction of sp³-hybridized carbons (Fsp3) is 0.381. The Morgan fingerprint density at radius 1 is 1.25 bits per heavy atom. The van der Waals surface area contributed by atoms with Gasteiger partial charge in [0, 0.05) is 43.5 Å². The molecule has 0 unspecified atom stereocenters. The largest absolute Gasteiger partial charge is 0.495 e. The van der Waals surface area contributed by atoms with Crippen molar-refractivity contribution in [1.82, 2.24) is 9.88 Å². The summed E-state index contributed by atoms with van der Waals surface area (Å²) in [6.07, 6.45) is 2.78. The van der Waals surface area contributed by atoms with Crippen molar-refractivity contribution in [1.29, 1.82) is 0 Å². The Morgan fingerprint density at radius 3 is 2.64 bits per heavy atom. The second-order valence-corrected chi connectivity index (χ2v) is 6.68. The van der Waals surface area contributed by atoms with E-state index in [4.69, 9.17) is 4.74 Å². The first-order valence-electron chi connectivity index (χ1n) is 9.27. The van der Waals surface area contributed by atoms with Crippen LogP contribution in [0.5, 0.6) is 5.75 Å². The minimum absolute atomic E-state index is 0.0360. The summed E-state index contributed by atoms with van der Waals surface area (Å²) >= 11 is 0. The van der Waals surface area contributed by atoms with Gasteiger partial charge in [-0.2, -0.15) is 0 Å². The Hall–Kier alpha value is -3.09. The molecule has 2 N–H and O–H groups in total. The summed E-state index contributed by atoms with van der Waals surface area (Å²) < 4.78 is 5.27. The summed E-state index contributed by atoms with van der Waals surface area (Å²) in [6.45, 7) is 5.76. The van der Waals surface area contributed by atoms with Crippen molar-refractivity contribution in [3.63, 3.8) is 0 Å². The van der Waals surface area contributed by atoms with Crippen LogP contribution in [0.1, 0.15) is 31.5 Å². The molecular weight excluding hydrogens is 356 g/mol. The number of rotatable bonds is 7. The van der Waals surface area contributed by atoms with Crippen molar-refractivity contribution < 1.29 is 14.3 Å². The van der Waals surface area contributed by atoms with Crippen LogP contribution in [0.15, 0.2) is 36.5 Å². The molecule has 150 valence electrons. The number of methoxy groups -OCH3 is 1. The molecule has 7 heteroatoms. The summed E-state index contributed by atoms with van der Waals surface area (Å²) in [5, 5.41) is 5.64. The predicted molar refractivity (Wildman–Crippen MR) is 111 cm³/mol. The zero-order chi connectivity index (χ0) is 20.7. The lowest BCUT2D eigenvalue weighted by molar-refractivity contribution is -0.115. The maximum atomic E-state index is 12.6. The van der Waals surface area contributed by atoms with Crippen LogP contribution in [0, 0.1) is 6.92 Å². The van der Waals surface area contributed by atoms with E-state index in [1.54, 1.807) is 43.3 Å². The standard InChI is InChI=1S/C21H28N4O3/c1-6-20(26)24-18-13-16(9-10-19(18)28-5)23-21(27)25(4)15(3)12-17-14(2)8-7-11-22-17/h7-11,13,15H,6,12H2,1-5H3,(H,23,27)(H,24,26)/t15-/m1/s1. The second kappa shape index (κ2) is 9.73. The monoisotopic (exact) mass is 384 g/mol. The van der Waals surface area contributed by atoms with E-state index in [0.717, 1.165) is 11.3 Å². The van der Waals surface area contributed by atoms with E-state index in [0.29, 0.717) is 30.0 Å². The van der Waals surface area contributed by atoms with Gasteiger partial charge in [-0.3, -0.25) is 9.78 Å².